The van der Waals surface area contributed by atoms with Crippen molar-refractivity contribution in [3.63, 3.8) is 0 Å². The summed E-state index contributed by atoms with van der Waals surface area (Å²) in [6, 6.07) is 4.77. The van der Waals surface area contributed by atoms with Crippen LogP contribution >= 0.6 is 0 Å². The molecule has 25 heavy (non-hydrogen) atoms. The minimum Gasteiger partial charge on any atom is -0.465 e. The SMILES string of the molecule is Cc1ccc(CNC(C)c2cnc(N(C)C3CCCCC3)nc2C)o1. The molecule has 0 amide bonds. The molecule has 1 atom stereocenters. The fraction of sp³-hybridized carbons (Fsp3) is 0.600. The zero-order valence-electron chi connectivity index (χ0n) is 15.9. The molecule has 5 heteroatoms. The van der Waals surface area contributed by atoms with Crippen LogP contribution in [-0.2, 0) is 6.54 Å². The average Bonchev–Trinajstić information content (AvgIpc) is 3.05. The fourth-order valence-electron chi connectivity index (χ4n) is 3.63. The van der Waals surface area contributed by atoms with E-state index in [4.69, 9.17) is 9.40 Å². The summed E-state index contributed by atoms with van der Waals surface area (Å²) in [6.45, 7) is 6.89. The zero-order valence-corrected chi connectivity index (χ0v) is 15.9. The largest absolute Gasteiger partial charge is 0.465 e. The lowest BCUT2D eigenvalue weighted by Crippen LogP contribution is -2.34. The molecule has 2 heterocycles. The smallest absolute Gasteiger partial charge is 0.225 e. The molecular weight excluding hydrogens is 312 g/mol. The molecule has 0 radical (unpaired) electrons. The van der Waals surface area contributed by atoms with Crippen molar-refractivity contribution in [1.29, 1.82) is 0 Å². The number of rotatable bonds is 6. The Labute approximate surface area is 150 Å². The van der Waals surface area contributed by atoms with Crippen LogP contribution in [0.4, 0.5) is 5.95 Å². The van der Waals surface area contributed by atoms with Crippen LogP contribution in [0.25, 0.3) is 0 Å². The number of hydrogen-bond donors (Lipinski definition) is 1. The van der Waals surface area contributed by atoms with Crippen molar-refractivity contribution >= 4 is 5.95 Å². The molecule has 5 nitrogen and oxygen atoms in total. The molecule has 0 spiro atoms. The van der Waals surface area contributed by atoms with Gasteiger partial charge in [-0.25, -0.2) is 9.97 Å². The molecule has 0 saturated heterocycles. The van der Waals surface area contributed by atoms with Gasteiger partial charge in [0.15, 0.2) is 0 Å². The Hall–Kier alpha value is -1.88. The van der Waals surface area contributed by atoms with Crippen LogP contribution in [0.2, 0.25) is 0 Å². The Balaban J connectivity index is 1.64. The molecular formula is C20H30N4O. The van der Waals surface area contributed by atoms with E-state index in [0.717, 1.165) is 28.7 Å². The van der Waals surface area contributed by atoms with Gasteiger partial charge < -0.3 is 14.6 Å². The molecule has 1 aliphatic carbocycles. The van der Waals surface area contributed by atoms with Gasteiger partial charge in [-0.15, -0.1) is 0 Å². The maximum absolute atomic E-state index is 5.62. The average molecular weight is 342 g/mol. The van der Waals surface area contributed by atoms with Gasteiger partial charge in [0.2, 0.25) is 5.95 Å². The molecule has 2 aromatic rings. The molecule has 1 unspecified atom stereocenters. The number of nitrogens with one attached hydrogen (secondary N) is 1. The molecule has 1 aliphatic rings. The summed E-state index contributed by atoms with van der Waals surface area (Å²) in [5.74, 6) is 2.75. The van der Waals surface area contributed by atoms with Gasteiger partial charge in [0.25, 0.3) is 0 Å². The van der Waals surface area contributed by atoms with Crippen molar-refractivity contribution in [2.75, 3.05) is 11.9 Å². The Morgan fingerprint density at radius 1 is 1.24 bits per heavy atom. The maximum Gasteiger partial charge on any atom is 0.225 e. The summed E-state index contributed by atoms with van der Waals surface area (Å²) in [5.41, 5.74) is 2.19. The van der Waals surface area contributed by atoms with Crippen LogP contribution in [0.5, 0.6) is 0 Å². The number of aryl methyl sites for hydroxylation is 2. The number of aromatic nitrogens is 2. The van der Waals surface area contributed by atoms with E-state index in [1.165, 1.54) is 32.1 Å². The first-order valence-corrected chi connectivity index (χ1v) is 9.39. The van der Waals surface area contributed by atoms with Crippen LogP contribution in [0.3, 0.4) is 0 Å². The van der Waals surface area contributed by atoms with Gasteiger partial charge in [0.1, 0.15) is 11.5 Å². The Bertz CT molecular complexity index is 691. The number of anilines is 1. The number of furan rings is 1. The molecule has 136 valence electrons. The molecule has 3 rings (SSSR count). The van der Waals surface area contributed by atoms with E-state index in [0.29, 0.717) is 12.6 Å². The van der Waals surface area contributed by atoms with Crippen molar-refractivity contribution in [2.45, 2.75) is 71.5 Å². The van der Waals surface area contributed by atoms with Crippen molar-refractivity contribution < 1.29 is 4.42 Å². The predicted molar refractivity (Wildman–Crippen MR) is 101 cm³/mol. The van der Waals surface area contributed by atoms with Crippen LogP contribution < -0.4 is 10.2 Å². The van der Waals surface area contributed by atoms with Crippen molar-refractivity contribution in [3.8, 4) is 0 Å². The third-order valence-corrected chi connectivity index (χ3v) is 5.29. The van der Waals surface area contributed by atoms with Gasteiger partial charge in [-0.3, -0.25) is 0 Å². The molecule has 0 aliphatic heterocycles. The first-order valence-electron chi connectivity index (χ1n) is 9.39. The normalized spacial score (nSPS) is 16.8. The zero-order chi connectivity index (χ0) is 17.8. The summed E-state index contributed by atoms with van der Waals surface area (Å²) in [7, 11) is 2.13. The second kappa shape index (κ2) is 8.00. The molecule has 1 N–H and O–H groups in total. The van der Waals surface area contributed by atoms with Gasteiger partial charge in [-0.05, 0) is 45.7 Å². The highest BCUT2D eigenvalue weighted by Gasteiger charge is 2.21. The standard InChI is InChI=1S/C20H30N4O/c1-14-10-11-18(25-14)12-21-15(2)19-13-22-20(23-16(19)3)24(4)17-8-6-5-7-9-17/h10-11,13,15,17,21H,5-9,12H2,1-4H3. The van der Waals surface area contributed by atoms with Crippen molar-refractivity contribution in [3.05, 3.63) is 41.1 Å². The molecule has 1 fully saturated rings. The van der Waals surface area contributed by atoms with Crippen molar-refractivity contribution in [1.82, 2.24) is 15.3 Å². The van der Waals surface area contributed by atoms with Gasteiger partial charge >= 0.3 is 0 Å². The first kappa shape index (κ1) is 17.9. The molecule has 0 bridgehead atoms. The number of nitrogens with zero attached hydrogens (tertiary/aromatic N) is 3. The Morgan fingerprint density at radius 3 is 2.64 bits per heavy atom. The van der Waals surface area contributed by atoms with Gasteiger partial charge in [-0.1, -0.05) is 19.3 Å². The van der Waals surface area contributed by atoms with Crippen LogP contribution in [0.1, 0.15) is 67.8 Å². The van der Waals surface area contributed by atoms with Crippen molar-refractivity contribution in [2.24, 2.45) is 0 Å². The minimum absolute atomic E-state index is 0.180. The van der Waals surface area contributed by atoms with E-state index in [1.807, 2.05) is 25.3 Å². The van der Waals surface area contributed by atoms with Crippen LogP contribution in [0.15, 0.2) is 22.7 Å². The molecule has 2 aromatic heterocycles. The van der Waals surface area contributed by atoms with E-state index in [2.05, 4.69) is 36.1 Å². The highest BCUT2D eigenvalue weighted by atomic mass is 16.3. The third kappa shape index (κ3) is 4.40. The molecule has 1 saturated carbocycles. The fourth-order valence-corrected chi connectivity index (χ4v) is 3.63. The van der Waals surface area contributed by atoms with Gasteiger partial charge in [0.05, 0.1) is 6.54 Å². The quantitative estimate of drug-likeness (QED) is 0.848. The lowest BCUT2D eigenvalue weighted by Gasteiger charge is -2.31. The van der Waals surface area contributed by atoms with E-state index in [1.54, 1.807) is 0 Å². The van der Waals surface area contributed by atoms with Gasteiger partial charge in [-0.2, -0.15) is 0 Å². The van der Waals surface area contributed by atoms with Gasteiger partial charge in [0, 0.05) is 36.6 Å². The number of hydrogen-bond acceptors (Lipinski definition) is 5. The topological polar surface area (TPSA) is 54.2 Å². The minimum atomic E-state index is 0.180. The molecule has 0 aromatic carbocycles. The summed E-state index contributed by atoms with van der Waals surface area (Å²) in [6.07, 6.45) is 8.48. The summed E-state index contributed by atoms with van der Waals surface area (Å²) >= 11 is 0. The predicted octanol–water partition coefficient (Wildman–Crippen LogP) is 4.31. The van der Waals surface area contributed by atoms with Crippen LogP contribution in [-0.4, -0.2) is 23.1 Å². The third-order valence-electron chi connectivity index (χ3n) is 5.29. The highest BCUT2D eigenvalue weighted by Crippen LogP contribution is 2.25. The monoisotopic (exact) mass is 342 g/mol. The summed E-state index contributed by atoms with van der Waals surface area (Å²) in [4.78, 5) is 11.7. The second-order valence-electron chi connectivity index (χ2n) is 7.23. The maximum atomic E-state index is 5.62. The summed E-state index contributed by atoms with van der Waals surface area (Å²) in [5, 5.41) is 3.49. The Morgan fingerprint density at radius 2 is 2.00 bits per heavy atom. The van der Waals surface area contributed by atoms with E-state index in [-0.39, 0.29) is 6.04 Å². The summed E-state index contributed by atoms with van der Waals surface area (Å²) < 4.78 is 5.62. The van der Waals surface area contributed by atoms with E-state index < -0.39 is 0 Å². The van der Waals surface area contributed by atoms with E-state index >= 15 is 0 Å². The van der Waals surface area contributed by atoms with E-state index in [9.17, 15) is 0 Å². The lowest BCUT2D eigenvalue weighted by atomic mass is 9.95. The van der Waals surface area contributed by atoms with Crippen LogP contribution in [0, 0.1) is 13.8 Å². The Kier molecular flexibility index (Phi) is 5.74. The second-order valence-corrected chi connectivity index (χ2v) is 7.23. The lowest BCUT2D eigenvalue weighted by molar-refractivity contribution is 0.423. The first-order chi connectivity index (χ1) is 12.0. The highest BCUT2D eigenvalue weighted by molar-refractivity contribution is 5.34.